The second kappa shape index (κ2) is 12.1. The Labute approximate surface area is 215 Å². The lowest BCUT2D eigenvalue weighted by Crippen LogP contribution is -2.42. The number of sulfonamides is 1. The standard InChI is InChI=1S/C27H29F3N2O4S/c1-3-5-21-10-12-24(13-11-21)36-17-16-31-26(33)19-32(23-7-4-6-22(18-23)27(28,29)30)37(34,35)25-14-8-20(2)9-15-25/h4,6-15,18H,3,5,16-17,19H2,1-2H3,(H,31,33). The maximum absolute atomic E-state index is 13.4. The molecule has 1 amide bonds. The molecule has 0 aliphatic rings. The van der Waals surface area contributed by atoms with Crippen LogP contribution >= 0.6 is 0 Å². The lowest BCUT2D eigenvalue weighted by Gasteiger charge is -2.25. The van der Waals surface area contributed by atoms with Crippen molar-refractivity contribution >= 4 is 21.6 Å². The molecule has 0 aliphatic heterocycles. The Morgan fingerprint density at radius 2 is 1.68 bits per heavy atom. The topological polar surface area (TPSA) is 75.7 Å². The van der Waals surface area contributed by atoms with E-state index < -0.39 is 34.2 Å². The van der Waals surface area contributed by atoms with Crippen molar-refractivity contribution < 1.29 is 31.1 Å². The molecule has 0 radical (unpaired) electrons. The molecule has 0 heterocycles. The summed E-state index contributed by atoms with van der Waals surface area (Å²) in [5.41, 5.74) is 0.705. The van der Waals surface area contributed by atoms with E-state index in [2.05, 4.69) is 12.2 Å². The number of aryl methyl sites for hydroxylation is 2. The van der Waals surface area contributed by atoms with E-state index >= 15 is 0 Å². The van der Waals surface area contributed by atoms with Gasteiger partial charge in [0, 0.05) is 0 Å². The van der Waals surface area contributed by atoms with Gasteiger partial charge in [-0.1, -0.05) is 49.2 Å². The van der Waals surface area contributed by atoms with Crippen LogP contribution in [0.2, 0.25) is 0 Å². The van der Waals surface area contributed by atoms with E-state index in [1.165, 1.54) is 23.8 Å². The molecule has 0 aliphatic carbocycles. The minimum Gasteiger partial charge on any atom is -0.492 e. The van der Waals surface area contributed by atoms with Crippen molar-refractivity contribution in [3.05, 3.63) is 89.5 Å². The van der Waals surface area contributed by atoms with Crippen LogP contribution in [0, 0.1) is 6.92 Å². The number of rotatable bonds is 11. The number of hydrogen-bond acceptors (Lipinski definition) is 4. The van der Waals surface area contributed by atoms with Crippen molar-refractivity contribution in [3.8, 4) is 5.75 Å². The molecule has 0 fully saturated rings. The average Bonchev–Trinajstić information content (AvgIpc) is 2.86. The number of amides is 1. The summed E-state index contributed by atoms with van der Waals surface area (Å²) < 4.78 is 72.9. The van der Waals surface area contributed by atoms with Crippen LogP contribution in [0.5, 0.6) is 5.75 Å². The van der Waals surface area contributed by atoms with Gasteiger partial charge in [0.25, 0.3) is 10.0 Å². The number of nitrogens with one attached hydrogen (secondary N) is 1. The van der Waals surface area contributed by atoms with E-state index in [1.54, 1.807) is 19.1 Å². The predicted octanol–water partition coefficient (Wildman–Crippen LogP) is 5.36. The number of anilines is 1. The average molecular weight is 535 g/mol. The van der Waals surface area contributed by atoms with Crippen LogP contribution in [0.25, 0.3) is 0 Å². The lowest BCUT2D eigenvalue weighted by molar-refractivity contribution is -0.137. The molecule has 0 unspecified atom stereocenters. The maximum atomic E-state index is 13.4. The van der Waals surface area contributed by atoms with E-state index in [0.717, 1.165) is 30.5 Å². The van der Waals surface area contributed by atoms with Crippen molar-refractivity contribution in [1.29, 1.82) is 0 Å². The highest BCUT2D eigenvalue weighted by molar-refractivity contribution is 7.92. The van der Waals surface area contributed by atoms with Gasteiger partial charge >= 0.3 is 6.18 Å². The molecule has 0 spiro atoms. The Bertz CT molecular complexity index is 1290. The van der Waals surface area contributed by atoms with Crippen molar-refractivity contribution in [3.63, 3.8) is 0 Å². The summed E-state index contributed by atoms with van der Waals surface area (Å²) in [5.74, 6) is -0.0587. The highest BCUT2D eigenvalue weighted by Crippen LogP contribution is 2.33. The number of benzene rings is 3. The predicted molar refractivity (Wildman–Crippen MR) is 136 cm³/mol. The number of carbonyl (C=O) groups is 1. The van der Waals surface area contributed by atoms with Gasteiger partial charge < -0.3 is 10.1 Å². The summed E-state index contributed by atoms with van der Waals surface area (Å²) in [5, 5.41) is 2.57. The number of ether oxygens (including phenoxy) is 1. The first-order valence-electron chi connectivity index (χ1n) is 11.8. The van der Waals surface area contributed by atoms with Gasteiger partial charge in [-0.15, -0.1) is 0 Å². The minimum atomic E-state index is -4.68. The first-order chi connectivity index (χ1) is 17.5. The maximum Gasteiger partial charge on any atom is 0.416 e. The minimum absolute atomic E-state index is 0.0799. The monoisotopic (exact) mass is 534 g/mol. The normalized spacial score (nSPS) is 11.7. The molecule has 10 heteroatoms. The van der Waals surface area contributed by atoms with E-state index in [0.29, 0.717) is 16.1 Å². The molecule has 3 aromatic carbocycles. The Kier molecular flexibility index (Phi) is 9.20. The molecule has 0 saturated carbocycles. The van der Waals surface area contributed by atoms with Crippen LogP contribution in [0.15, 0.2) is 77.7 Å². The third-order valence-electron chi connectivity index (χ3n) is 5.51. The fraction of sp³-hybridized carbons (Fsp3) is 0.296. The number of hydrogen-bond donors (Lipinski definition) is 1. The van der Waals surface area contributed by atoms with Gasteiger partial charge in [-0.3, -0.25) is 9.10 Å². The molecule has 0 aromatic heterocycles. The van der Waals surface area contributed by atoms with Gasteiger partial charge in [0.15, 0.2) is 0 Å². The van der Waals surface area contributed by atoms with Crippen LogP contribution in [0.1, 0.15) is 30.0 Å². The summed E-state index contributed by atoms with van der Waals surface area (Å²) in [6, 6.07) is 17.3. The van der Waals surface area contributed by atoms with Crippen molar-refractivity contribution in [2.45, 2.75) is 37.8 Å². The van der Waals surface area contributed by atoms with Crippen molar-refractivity contribution in [1.82, 2.24) is 5.32 Å². The summed E-state index contributed by atoms with van der Waals surface area (Å²) >= 11 is 0. The Morgan fingerprint density at radius 1 is 1.00 bits per heavy atom. The number of nitrogens with zero attached hydrogens (tertiary/aromatic N) is 1. The van der Waals surface area contributed by atoms with Crippen LogP contribution in [0.4, 0.5) is 18.9 Å². The van der Waals surface area contributed by atoms with Gasteiger partial charge in [-0.05, 0) is 61.4 Å². The number of halogens is 3. The van der Waals surface area contributed by atoms with Crippen LogP contribution in [-0.2, 0) is 27.4 Å². The molecule has 198 valence electrons. The third kappa shape index (κ3) is 7.72. The fourth-order valence-corrected chi connectivity index (χ4v) is 4.99. The Hall–Kier alpha value is -3.53. The highest BCUT2D eigenvalue weighted by Gasteiger charge is 2.33. The Balaban J connectivity index is 1.73. The first kappa shape index (κ1) is 28.0. The zero-order valence-electron chi connectivity index (χ0n) is 20.6. The number of carbonyl (C=O) groups excluding carboxylic acids is 1. The fourth-order valence-electron chi connectivity index (χ4n) is 3.58. The largest absolute Gasteiger partial charge is 0.492 e. The second-order valence-electron chi connectivity index (χ2n) is 8.47. The molecule has 3 aromatic rings. The van der Waals surface area contributed by atoms with E-state index in [-0.39, 0.29) is 23.7 Å². The Morgan fingerprint density at radius 3 is 2.30 bits per heavy atom. The summed E-state index contributed by atoms with van der Waals surface area (Å²) in [7, 11) is -4.34. The highest BCUT2D eigenvalue weighted by atomic mass is 32.2. The third-order valence-corrected chi connectivity index (χ3v) is 7.30. The van der Waals surface area contributed by atoms with Gasteiger partial charge in [0.05, 0.1) is 22.7 Å². The molecule has 0 atom stereocenters. The zero-order chi connectivity index (χ0) is 27.1. The van der Waals surface area contributed by atoms with E-state index in [4.69, 9.17) is 4.74 Å². The van der Waals surface area contributed by atoms with Gasteiger partial charge in [0.2, 0.25) is 5.91 Å². The van der Waals surface area contributed by atoms with E-state index in [1.807, 2.05) is 24.3 Å². The molecule has 37 heavy (non-hydrogen) atoms. The first-order valence-corrected chi connectivity index (χ1v) is 13.2. The molecule has 6 nitrogen and oxygen atoms in total. The summed E-state index contributed by atoms with van der Waals surface area (Å²) in [6.45, 7) is 3.37. The number of alkyl halides is 3. The van der Waals surface area contributed by atoms with E-state index in [9.17, 15) is 26.4 Å². The lowest BCUT2D eigenvalue weighted by atomic mass is 10.1. The molecular weight excluding hydrogens is 505 g/mol. The van der Waals surface area contributed by atoms with Crippen molar-refractivity contribution in [2.75, 3.05) is 24.0 Å². The van der Waals surface area contributed by atoms with Gasteiger partial charge in [-0.25, -0.2) is 8.42 Å². The smallest absolute Gasteiger partial charge is 0.416 e. The van der Waals surface area contributed by atoms with Crippen LogP contribution < -0.4 is 14.4 Å². The molecule has 0 bridgehead atoms. The molecule has 3 rings (SSSR count). The molecule has 0 saturated heterocycles. The zero-order valence-corrected chi connectivity index (χ0v) is 21.4. The van der Waals surface area contributed by atoms with Gasteiger partial charge in [0.1, 0.15) is 18.9 Å². The van der Waals surface area contributed by atoms with Crippen LogP contribution in [-0.4, -0.2) is 34.0 Å². The van der Waals surface area contributed by atoms with Gasteiger partial charge in [-0.2, -0.15) is 13.2 Å². The second-order valence-corrected chi connectivity index (χ2v) is 10.3. The quantitative estimate of drug-likeness (QED) is 0.336. The molecular formula is C27H29F3N2O4S. The summed E-state index contributed by atoms with van der Waals surface area (Å²) in [4.78, 5) is 12.5. The summed E-state index contributed by atoms with van der Waals surface area (Å²) in [6.07, 6.45) is -2.68. The van der Waals surface area contributed by atoms with Crippen LogP contribution in [0.3, 0.4) is 0 Å². The SMILES string of the molecule is CCCc1ccc(OCCNC(=O)CN(c2cccc(C(F)(F)F)c2)S(=O)(=O)c2ccc(C)cc2)cc1. The molecule has 1 N–H and O–H groups in total. The van der Waals surface area contributed by atoms with Crippen molar-refractivity contribution in [2.24, 2.45) is 0 Å².